The van der Waals surface area contributed by atoms with Gasteiger partial charge in [0.25, 0.3) is 5.69 Å². The summed E-state index contributed by atoms with van der Waals surface area (Å²) in [6, 6.07) is 19.6. The molecule has 1 heterocycles. The van der Waals surface area contributed by atoms with Crippen molar-refractivity contribution in [2.75, 3.05) is 5.32 Å². The Bertz CT molecular complexity index is 1560. The molecule has 3 aromatic carbocycles. The summed E-state index contributed by atoms with van der Waals surface area (Å²) >= 11 is 0. The Labute approximate surface area is 216 Å². The van der Waals surface area contributed by atoms with Gasteiger partial charge >= 0.3 is 0 Å². The van der Waals surface area contributed by atoms with Crippen LogP contribution in [0.2, 0.25) is 0 Å². The number of rotatable bonds is 8. The smallest absolute Gasteiger partial charge is 0.276 e. The number of hydrogen-bond donors (Lipinski definition) is 1. The molecule has 37 heavy (non-hydrogen) atoms. The van der Waals surface area contributed by atoms with Crippen molar-refractivity contribution in [2.45, 2.75) is 44.1 Å². The van der Waals surface area contributed by atoms with E-state index < -0.39 is 14.8 Å². The van der Waals surface area contributed by atoms with E-state index in [0.717, 1.165) is 22.4 Å². The van der Waals surface area contributed by atoms with Gasteiger partial charge in [0.2, 0.25) is 9.84 Å². The number of aryl methyl sites for hydroxylation is 4. The van der Waals surface area contributed by atoms with Crippen LogP contribution in [0.1, 0.15) is 27.9 Å². The van der Waals surface area contributed by atoms with Crippen LogP contribution >= 0.6 is 0 Å². The van der Waals surface area contributed by atoms with Gasteiger partial charge in [-0.3, -0.25) is 10.1 Å². The third-order valence-electron chi connectivity index (χ3n) is 5.92. The highest BCUT2D eigenvalue weighted by atomic mass is 32.2. The maximum Gasteiger partial charge on any atom is 0.276 e. The van der Waals surface area contributed by atoms with Crippen molar-refractivity contribution in [2.24, 2.45) is 0 Å². The van der Waals surface area contributed by atoms with Gasteiger partial charge in [0.05, 0.1) is 15.4 Å². The van der Waals surface area contributed by atoms with Crippen LogP contribution in [0.4, 0.5) is 17.2 Å². The van der Waals surface area contributed by atoms with Crippen LogP contribution in [0.15, 0.2) is 82.6 Å². The van der Waals surface area contributed by atoms with Gasteiger partial charge in [0, 0.05) is 17.4 Å². The Kier molecular flexibility index (Phi) is 7.26. The molecule has 0 saturated carbocycles. The number of benzene rings is 3. The van der Waals surface area contributed by atoms with Gasteiger partial charge in [-0.05, 0) is 81.3 Å². The first-order chi connectivity index (χ1) is 17.6. The van der Waals surface area contributed by atoms with Crippen molar-refractivity contribution < 1.29 is 18.1 Å². The lowest BCUT2D eigenvalue weighted by Crippen LogP contribution is -2.09. The van der Waals surface area contributed by atoms with E-state index in [-0.39, 0.29) is 27.9 Å². The molecular weight excluding hydrogens is 490 g/mol. The van der Waals surface area contributed by atoms with Gasteiger partial charge < -0.3 is 10.1 Å². The minimum absolute atomic E-state index is 0.0194. The Balaban J connectivity index is 1.61. The molecule has 0 aliphatic carbocycles. The van der Waals surface area contributed by atoms with E-state index in [2.05, 4.69) is 10.3 Å². The minimum atomic E-state index is -3.91. The molecule has 0 radical (unpaired) electrons. The molecule has 4 rings (SSSR count). The number of pyridine rings is 1. The van der Waals surface area contributed by atoms with E-state index in [1.54, 1.807) is 37.3 Å². The fourth-order valence-electron chi connectivity index (χ4n) is 4.16. The summed E-state index contributed by atoms with van der Waals surface area (Å²) in [7, 11) is -3.91. The molecule has 4 aromatic rings. The van der Waals surface area contributed by atoms with Crippen molar-refractivity contribution in [1.29, 1.82) is 0 Å². The molecule has 0 spiro atoms. The molecule has 190 valence electrons. The number of hydrogen-bond acceptors (Lipinski definition) is 7. The second-order valence-electron chi connectivity index (χ2n) is 8.85. The van der Waals surface area contributed by atoms with Gasteiger partial charge in [-0.15, -0.1) is 0 Å². The summed E-state index contributed by atoms with van der Waals surface area (Å²) in [6.07, 6.45) is 0. The molecule has 9 heteroatoms. The monoisotopic (exact) mass is 517 g/mol. The molecule has 1 aromatic heterocycles. The number of anilines is 2. The summed E-state index contributed by atoms with van der Waals surface area (Å²) in [4.78, 5) is 15.4. The minimum Gasteiger partial charge on any atom is -0.489 e. The second-order valence-corrected chi connectivity index (χ2v) is 10.8. The zero-order valence-electron chi connectivity index (χ0n) is 21.0. The fraction of sp³-hybridized carbons (Fsp3) is 0.179. The lowest BCUT2D eigenvalue weighted by atomic mass is 10.1. The maximum absolute atomic E-state index is 13.6. The van der Waals surface area contributed by atoms with E-state index in [1.165, 1.54) is 30.3 Å². The number of nitro groups is 1. The van der Waals surface area contributed by atoms with Crippen molar-refractivity contribution in [3.8, 4) is 5.75 Å². The van der Waals surface area contributed by atoms with Crippen LogP contribution in [-0.4, -0.2) is 18.3 Å². The third kappa shape index (κ3) is 5.62. The van der Waals surface area contributed by atoms with Crippen LogP contribution < -0.4 is 10.1 Å². The molecule has 0 aliphatic rings. The van der Waals surface area contributed by atoms with Crippen LogP contribution in [0.5, 0.6) is 5.75 Å². The predicted molar refractivity (Wildman–Crippen MR) is 142 cm³/mol. The van der Waals surface area contributed by atoms with Crippen molar-refractivity contribution >= 4 is 27.0 Å². The number of para-hydroxylation sites is 1. The van der Waals surface area contributed by atoms with Crippen molar-refractivity contribution in [3.05, 3.63) is 111 Å². The zero-order valence-corrected chi connectivity index (χ0v) is 21.8. The molecule has 0 bridgehead atoms. The van der Waals surface area contributed by atoms with E-state index in [0.29, 0.717) is 17.0 Å². The highest BCUT2D eigenvalue weighted by molar-refractivity contribution is 7.91. The Morgan fingerprint density at radius 1 is 0.919 bits per heavy atom. The number of nitrogens with zero attached hydrogens (tertiary/aromatic N) is 2. The van der Waals surface area contributed by atoms with Gasteiger partial charge in [-0.25, -0.2) is 13.4 Å². The molecular formula is C28H27N3O5S. The first-order valence-electron chi connectivity index (χ1n) is 11.6. The average Bonchev–Trinajstić information content (AvgIpc) is 2.85. The van der Waals surface area contributed by atoms with E-state index in [1.807, 2.05) is 32.9 Å². The number of aromatic nitrogens is 1. The maximum atomic E-state index is 13.6. The first-order valence-corrected chi connectivity index (χ1v) is 13.1. The predicted octanol–water partition coefficient (Wildman–Crippen LogP) is 6.38. The molecule has 0 saturated heterocycles. The largest absolute Gasteiger partial charge is 0.489 e. The highest BCUT2D eigenvalue weighted by Gasteiger charge is 2.24. The molecule has 8 nitrogen and oxygen atoms in total. The Morgan fingerprint density at radius 2 is 1.57 bits per heavy atom. The number of nitrogens with one attached hydrogen (secondary N) is 1. The Hall–Kier alpha value is -4.24. The van der Waals surface area contributed by atoms with Crippen LogP contribution in [0, 0.1) is 37.8 Å². The van der Waals surface area contributed by atoms with Crippen molar-refractivity contribution in [1.82, 2.24) is 4.98 Å². The second kappa shape index (κ2) is 10.4. The van der Waals surface area contributed by atoms with Gasteiger partial charge in [0.1, 0.15) is 23.1 Å². The average molecular weight is 518 g/mol. The van der Waals surface area contributed by atoms with Gasteiger partial charge in [-0.1, -0.05) is 29.8 Å². The lowest BCUT2D eigenvalue weighted by Gasteiger charge is -2.17. The zero-order chi connectivity index (χ0) is 26.7. The standard InChI is InChI=1S/C28H27N3O5S/c1-18-15-19(2)27(20(3)16-18)30-28-26(14-9-21(4)29-28)37(34,35)24-12-10-23(11-13-24)36-17-22-7-5-6-8-25(22)31(32)33/h5-16H,17H2,1-4H3,(H,29,30). The summed E-state index contributed by atoms with van der Waals surface area (Å²) < 4.78 is 32.9. The van der Waals surface area contributed by atoms with Crippen LogP contribution in [0.25, 0.3) is 0 Å². The third-order valence-corrected chi connectivity index (χ3v) is 7.73. The molecule has 0 aliphatic heterocycles. The fourth-order valence-corrected chi connectivity index (χ4v) is 5.51. The molecule has 0 unspecified atom stereocenters. The van der Waals surface area contributed by atoms with E-state index in [4.69, 9.17) is 4.74 Å². The lowest BCUT2D eigenvalue weighted by molar-refractivity contribution is -0.385. The van der Waals surface area contributed by atoms with E-state index >= 15 is 0 Å². The SMILES string of the molecule is Cc1cc(C)c(Nc2nc(C)ccc2S(=O)(=O)c2ccc(OCc3ccccc3[N+](=O)[O-])cc2)c(C)c1. The van der Waals surface area contributed by atoms with Crippen LogP contribution in [-0.2, 0) is 16.4 Å². The van der Waals surface area contributed by atoms with Crippen LogP contribution in [0.3, 0.4) is 0 Å². The summed E-state index contributed by atoms with van der Waals surface area (Å²) in [6.45, 7) is 7.73. The summed E-state index contributed by atoms with van der Waals surface area (Å²) in [5.41, 5.74) is 4.99. The first kappa shape index (κ1) is 25.8. The summed E-state index contributed by atoms with van der Waals surface area (Å²) in [5.74, 6) is 0.648. The molecule has 0 atom stereocenters. The van der Waals surface area contributed by atoms with Crippen molar-refractivity contribution in [3.63, 3.8) is 0 Å². The van der Waals surface area contributed by atoms with Gasteiger partial charge in [-0.2, -0.15) is 0 Å². The van der Waals surface area contributed by atoms with E-state index in [9.17, 15) is 18.5 Å². The highest BCUT2D eigenvalue weighted by Crippen LogP contribution is 2.32. The topological polar surface area (TPSA) is 111 Å². The normalized spacial score (nSPS) is 11.2. The van der Waals surface area contributed by atoms with Gasteiger partial charge in [0.15, 0.2) is 0 Å². The molecule has 1 N–H and O–H groups in total. The quantitative estimate of drug-likeness (QED) is 0.213. The molecule has 0 amide bonds. The number of ether oxygens (including phenoxy) is 1. The summed E-state index contributed by atoms with van der Waals surface area (Å²) in [5, 5.41) is 14.5. The number of sulfone groups is 1. The molecule has 0 fully saturated rings. The number of nitro benzene ring substituents is 1. The Morgan fingerprint density at radius 3 is 2.22 bits per heavy atom.